The molecule has 0 spiro atoms. The Morgan fingerprint density at radius 3 is 2.64 bits per heavy atom. The molecule has 0 unspecified atom stereocenters. The molecule has 74 valence electrons. The molecule has 0 heterocycles. The van der Waals surface area contributed by atoms with Crippen LogP contribution in [-0.2, 0) is 6.42 Å². The average Bonchev–Trinajstić information content (AvgIpc) is 2.25. The van der Waals surface area contributed by atoms with Crippen LogP contribution in [0.2, 0.25) is 0 Å². The van der Waals surface area contributed by atoms with E-state index < -0.39 is 0 Å². The third-order valence-electron chi connectivity index (χ3n) is 2.30. The van der Waals surface area contributed by atoms with Gasteiger partial charge < -0.3 is 0 Å². The summed E-state index contributed by atoms with van der Waals surface area (Å²) in [5.41, 5.74) is 3.77. The molecule has 0 amide bonds. The van der Waals surface area contributed by atoms with Gasteiger partial charge in [0.1, 0.15) is 0 Å². The molecule has 0 aromatic heterocycles. The molecule has 0 N–H and O–H groups in total. The van der Waals surface area contributed by atoms with Gasteiger partial charge in [-0.1, -0.05) is 56.8 Å². The summed E-state index contributed by atoms with van der Waals surface area (Å²) in [6.07, 6.45) is 6.38. The lowest BCUT2D eigenvalue weighted by Gasteiger charge is -2.06. The first-order valence-electron chi connectivity index (χ1n) is 5.23. The molecule has 0 radical (unpaired) electrons. The van der Waals surface area contributed by atoms with Gasteiger partial charge in [-0.2, -0.15) is 0 Å². The lowest BCUT2D eigenvalue weighted by Crippen LogP contribution is -1.88. The van der Waals surface area contributed by atoms with Crippen LogP contribution in [0.3, 0.4) is 0 Å². The van der Waals surface area contributed by atoms with Gasteiger partial charge in [0.25, 0.3) is 0 Å². The largest absolute Gasteiger partial charge is 0.0912 e. The molecule has 14 heavy (non-hydrogen) atoms. The van der Waals surface area contributed by atoms with Crippen molar-refractivity contribution in [1.82, 2.24) is 0 Å². The quantitative estimate of drug-likeness (QED) is 0.617. The molecular weight excluding hydrogens is 168 g/mol. The molecule has 1 aromatic carbocycles. The Labute approximate surface area is 87.0 Å². The van der Waals surface area contributed by atoms with Crippen molar-refractivity contribution in [3.05, 3.63) is 54.1 Å². The normalized spacial score (nSPS) is 10.7. The van der Waals surface area contributed by atoms with Gasteiger partial charge in [-0.15, -0.1) is 0 Å². The molecule has 0 saturated heterocycles. The second-order valence-electron chi connectivity index (χ2n) is 3.35. The summed E-state index contributed by atoms with van der Waals surface area (Å²) < 4.78 is 0. The van der Waals surface area contributed by atoms with Crippen molar-refractivity contribution in [2.45, 2.75) is 26.7 Å². The van der Waals surface area contributed by atoms with Gasteiger partial charge in [-0.05, 0) is 29.5 Å². The molecule has 0 nitrogen and oxygen atoms in total. The van der Waals surface area contributed by atoms with Crippen LogP contribution in [0, 0.1) is 0 Å². The summed E-state index contributed by atoms with van der Waals surface area (Å²) in [4.78, 5) is 0. The zero-order valence-electron chi connectivity index (χ0n) is 9.09. The first kappa shape index (κ1) is 10.8. The Kier molecular flexibility index (Phi) is 4.18. The highest BCUT2D eigenvalue weighted by Gasteiger charge is 2.00. The van der Waals surface area contributed by atoms with Crippen LogP contribution in [0.25, 0.3) is 5.57 Å². The van der Waals surface area contributed by atoms with E-state index in [2.05, 4.69) is 56.8 Å². The van der Waals surface area contributed by atoms with Crippen LogP contribution in [0.5, 0.6) is 0 Å². The second-order valence-corrected chi connectivity index (χ2v) is 3.35. The number of aryl methyl sites for hydroxylation is 1. The highest BCUT2D eigenvalue weighted by Crippen LogP contribution is 2.19. The SMILES string of the molecule is C=C(C=CCC)c1ccccc1CC. The number of benzene rings is 1. The minimum Gasteiger partial charge on any atom is -0.0912 e. The van der Waals surface area contributed by atoms with Crippen LogP contribution in [0.15, 0.2) is 43.0 Å². The monoisotopic (exact) mass is 186 g/mol. The summed E-state index contributed by atoms with van der Waals surface area (Å²) in [5.74, 6) is 0. The molecule has 0 aliphatic heterocycles. The third-order valence-corrected chi connectivity index (χ3v) is 2.30. The second kappa shape index (κ2) is 5.43. The highest BCUT2D eigenvalue weighted by molar-refractivity contribution is 5.74. The Hall–Kier alpha value is -1.30. The van der Waals surface area contributed by atoms with Crippen LogP contribution in [-0.4, -0.2) is 0 Å². The highest BCUT2D eigenvalue weighted by atomic mass is 14.0. The Balaban J connectivity index is 2.94. The van der Waals surface area contributed by atoms with Crippen LogP contribution < -0.4 is 0 Å². The third kappa shape index (κ3) is 2.59. The van der Waals surface area contributed by atoms with E-state index >= 15 is 0 Å². The fourth-order valence-electron chi connectivity index (χ4n) is 1.49. The Bertz CT molecular complexity index is 332. The van der Waals surface area contributed by atoms with E-state index in [0.717, 1.165) is 18.4 Å². The predicted octanol–water partition coefficient (Wildman–Crippen LogP) is 4.23. The molecule has 1 aromatic rings. The molecular formula is C14H18. The molecule has 0 atom stereocenters. The predicted molar refractivity (Wildman–Crippen MR) is 64.3 cm³/mol. The standard InChI is InChI=1S/C14H18/c1-4-6-9-12(3)14-11-8-7-10-13(14)5-2/h6-11H,3-5H2,1-2H3. The summed E-state index contributed by atoms with van der Waals surface area (Å²) in [6.45, 7) is 8.39. The van der Waals surface area contributed by atoms with Gasteiger partial charge in [0.2, 0.25) is 0 Å². The van der Waals surface area contributed by atoms with Crippen molar-refractivity contribution in [2.24, 2.45) is 0 Å². The van der Waals surface area contributed by atoms with Crippen LogP contribution in [0.1, 0.15) is 31.4 Å². The van der Waals surface area contributed by atoms with E-state index in [9.17, 15) is 0 Å². The van der Waals surface area contributed by atoms with Gasteiger partial charge in [0.15, 0.2) is 0 Å². The first-order chi connectivity index (χ1) is 6.79. The Morgan fingerprint density at radius 1 is 1.29 bits per heavy atom. The van der Waals surface area contributed by atoms with Gasteiger partial charge in [0.05, 0.1) is 0 Å². The zero-order chi connectivity index (χ0) is 10.4. The molecule has 0 heteroatoms. The van der Waals surface area contributed by atoms with E-state index in [1.54, 1.807) is 0 Å². The van der Waals surface area contributed by atoms with Gasteiger partial charge in [-0.25, -0.2) is 0 Å². The smallest absolute Gasteiger partial charge is 0.0158 e. The number of hydrogen-bond donors (Lipinski definition) is 0. The van der Waals surface area contributed by atoms with Crippen molar-refractivity contribution in [2.75, 3.05) is 0 Å². The molecule has 1 rings (SSSR count). The maximum absolute atomic E-state index is 4.08. The van der Waals surface area contributed by atoms with E-state index in [1.165, 1.54) is 11.1 Å². The fourth-order valence-corrected chi connectivity index (χ4v) is 1.49. The minimum absolute atomic E-state index is 1.06. The maximum atomic E-state index is 4.08. The van der Waals surface area contributed by atoms with Crippen molar-refractivity contribution in [3.63, 3.8) is 0 Å². The zero-order valence-corrected chi connectivity index (χ0v) is 9.09. The summed E-state index contributed by atoms with van der Waals surface area (Å²) in [5, 5.41) is 0. The fraction of sp³-hybridized carbons (Fsp3) is 0.286. The number of rotatable bonds is 4. The molecule has 0 fully saturated rings. The van der Waals surface area contributed by atoms with Crippen molar-refractivity contribution >= 4 is 5.57 Å². The lowest BCUT2D eigenvalue weighted by atomic mass is 9.99. The summed E-state index contributed by atoms with van der Waals surface area (Å²) >= 11 is 0. The van der Waals surface area contributed by atoms with E-state index in [1.807, 2.05) is 0 Å². The van der Waals surface area contributed by atoms with Crippen molar-refractivity contribution < 1.29 is 0 Å². The molecule has 0 aliphatic carbocycles. The van der Waals surface area contributed by atoms with Crippen molar-refractivity contribution in [3.8, 4) is 0 Å². The lowest BCUT2D eigenvalue weighted by molar-refractivity contribution is 1.13. The molecule has 0 aliphatic rings. The van der Waals surface area contributed by atoms with E-state index in [-0.39, 0.29) is 0 Å². The van der Waals surface area contributed by atoms with E-state index in [4.69, 9.17) is 0 Å². The van der Waals surface area contributed by atoms with Gasteiger partial charge >= 0.3 is 0 Å². The topological polar surface area (TPSA) is 0 Å². The molecule has 0 saturated carbocycles. The minimum atomic E-state index is 1.06. The Morgan fingerprint density at radius 2 is 2.00 bits per heavy atom. The number of hydrogen-bond acceptors (Lipinski definition) is 0. The average molecular weight is 186 g/mol. The number of allylic oxidation sites excluding steroid dienone is 3. The van der Waals surface area contributed by atoms with Gasteiger partial charge in [-0.3, -0.25) is 0 Å². The van der Waals surface area contributed by atoms with Crippen molar-refractivity contribution in [1.29, 1.82) is 0 Å². The summed E-state index contributed by atoms with van der Waals surface area (Å²) in [6, 6.07) is 8.46. The summed E-state index contributed by atoms with van der Waals surface area (Å²) in [7, 11) is 0. The van der Waals surface area contributed by atoms with E-state index in [0.29, 0.717) is 0 Å². The van der Waals surface area contributed by atoms with Crippen LogP contribution in [0.4, 0.5) is 0 Å². The first-order valence-corrected chi connectivity index (χ1v) is 5.23. The molecule has 0 bridgehead atoms. The van der Waals surface area contributed by atoms with Crippen LogP contribution >= 0.6 is 0 Å². The van der Waals surface area contributed by atoms with Gasteiger partial charge in [0, 0.05) is 0 Å². The maximum Gasteiger partial charge on any atom is -0.0158 e.